The van der Waals surface area contributed by atoms with E-state index in [1.165, 1.54) is 10.4 Å². The van der Waals surface area contributed by atoms with Crippen molar-refractivity contribution in [3.8, 4) is 0 Å². The summed E-state index contributed by atoms with van der Waals surface area (Å²) >= 11 is 1.70. The molecule has 0 saturated carbocycles. The lowest BCUT2D eigenvalue weighted by Crippen LogP contribution is -2.47. The molecule has 0 spiro atoms. The third-order valence-corrected chi connectivity index (χ3v) is 6.55. The number of amides is 1. The van der Waals surface area contributed by atoms with Crippen LogP contribution in [0.1, 0.15) is 36.5 Å². The standard InChI is InChI=1S/C18H24N4O2S/c1-11-3-4-13-14(9-11)25-18-16(13)17(24)19-15(20-18)10-21-5-7-22(8-6-21)12(2)23/h11H,3-10H2,1-2H3,(H,19,20,24). The number of piperazine rings is 1. The predicted octanol–water partition coefficient (Wildman–Crippen LogP) is 1.77. The van der Waals surface area contributed by atoms with Crippen LogP contribution in [-0.4, -0.2) is 51.9 Å². The first-order chi connectivity index (χ1) is 12.0. The largest absolute Gasteiger partial charge is 0.340 e. The Bertz CT molecular complexity index is 864. The second-order valence-electron chi connectivity index (χ2n) is 7.33. The molecule has 25 heavy (non-hydrogen) atoms. The average molecular weight is 360 g/mol. The van der Waals surface area contributed by atoms with Crippen molar-refractivity contribution in [1.82, 2.24) is 19.8 Å². The zero-order valence-electron chi connectivity index (χ0n) is 14.8. The third kappa shape index (κ3) is 3.22. The van der Waals surface area contributed by atoms with E-state index in [4.69, 9.17) is 4.98 Å². The summed E-state index contributed by atoms with van der Waals surface area (Å²) in [4.78, 5) is 38.2. The van der Waals surface area contributed by atoms with E-state index in [0.29, 0.717) is 12.5 Å². The number of aryl methyl sites for hydroxylation is 1. The van der Waals surface area contributed by atoms with Crippen LogP contribution in [0.2, 0.25) is 0 Å². The maximum Gasteiger partial charge on any atom is 0.259 e. The van der Waals surface area contributed by atoms with Crippen LogP contribution in [0.4, 0.5) is 0 Å². The summed E-state index contributed by atoms with van der Waals surface area (Å²) in [5.74, 6) is 1.56. The lowest BCUT2D eigenvalue weighted by molar-refractivity contribution is -0.130. The summed E-state index contributed by atoms with van der Waals surface area (Å²) in [7, 11) is 0. The van der Waals surface area contributed by atoms with Gasteiger partial charge in [0.2, 0.25) is 5.91 Å². The van der Waals surface area contributed by atoms with Crippen LogP contribution in [0.15, 0.2) is 4.79 Å². The fourth-order valence-electron chi connectivity index (χ4n) is 3.90. The van der Waals surface area contributed by atoms with E-state index in [1.807, 2.05) is 4.90 Å². The first-order valence-electron chi connectivity index (χ1n) is 9.02. The van der Waals surface area contributed by atoms with Crippen LogP contribution in [-0.2, 0) is 24.2 Å². The van der Waals surface area contributed by atoms with Gasteiger partial charge in [-0.2, -0.15) is 0 Å². The van der Waals surface area contributed by atoms with Crippen molar-refractivity contribution in [3.63, 3.8) is 0 Å². The number of nitrogens with one attached hydrogen (secondary N) is 1. The van der Waals surface area contributed by atoms with Gasteiger partial charge in [0.05, 0.1) is 11.9 Å². The summed E-state index contributed by atoms with van der Waals surface area (Å²) in [6.45, 7) is 7.65. The van der Waals surface area contributed by atoms with Gasteiger partial charge in [0, 0.05) is 38.0 Å². The molecule has 1 aliphatic carbocycles. The normalized spacial score (nSPS) is 21.5. The van der Waals surface area contributed by atoms with Gasteiger partial charge in [-0.25, -0.2) is 4.98 Å². The molecule has 1 amide bonds. The van der Waals surface area contributed by atoms with E-state index in [0.717, 1.165) is 61.5 Å². The van der Waals surface area contributed by atoms with E-state index in [-0.39, 0.29) is 11.5 Å². The number of carbonyl (C=O) groups excluding carboxylic acids is 1. The number of aromatic amines is 1. The topological polar surface area (TPSA) is 69.3 Å². The fourth-order valence-corrected chi connectivity index (χ4v) is 5.30. The van der Waals surface area contributed by atoms with E-state index < -0.39 is 0 Å². The third-order valence-electron chi connectivity index (χ3n) is 5.41. The Labute approximate surface area is 150 Å². The Morgan fingerprint density at radius 1 is 1.32 bits per heavy atom. The first-order valence-corrected chi connectivity index (χ1v) is 9.84. The van der Waals surface area contributed by atoms with E-state index >= 15 is 0 Å². The minimum Gasteiger partial charge on any atom is -0.340 e. The number of fused-ring (bicyclic) bond motifs is 3. The zero-order chi connectivity index (χ0) is 17.6. The average Bonchev–Trinajstić information content (AvgIpc) is 2.92. The van der Waals surface area contributed by atoms with E-state index in [2.05, 4.69) is 16.8 Å². The van der Waals surface area contributed by atoms with Crippen molar-refractivity contribution in [2.75, 3.05) is 26.2 Å². The lowest BCUT2D eigenvalue weighted by Gasteiger charge is -2.33. The number of aromatic nitrogens is 2. The Balaban J connectivity index is 1.56. The molecule has 3 heterocycles. The Kier molecular flexibility index (Phi) is 4.37. The molecule has 0 radical (unpaired) electrons. The minimum absolute atomic E-state index is 0.00873. The molecule has 134 valence electrons. The van der Waals surface area contributed by atoms with Gasteiger partial charge in [-0.05, 0) is 30.7 Å². The molecule has 1 unspecified atom stereocenters. The highest BCUT2D eigenvalue weighted by Gasteiger charge is 2.24. The monoisotopic (exact) mass is 360 g/mol. The van der Waals surface area contributed by atoms with Crippen molar-refractivity contribution in [2.45, 2.75) is 39.7 Å². The number of carbonyl (C=O) groups is 1. The summed E-state index contributed by atoms with van der Waals surface area (Å²) in [5, 5.41) is 0.817. The summed E-state index contributed by atoms with van der Waals surface area (Å²) < 4.78 is 0. The summed E-state index contributed by atoms with van der Waals surface area (Å²) in [5.41, 5.74) is 1.24. The van der Waals surface area contributed by atoms with Gasteiger partial charge in [0.25, 0.3) is 5.56 Å². The van der Waals surface area contributed by atoms with Gasteiger partial charge >= 0.3 is 0 Å². The van der Waals surface area contributed by atoms with Crippen molar-refractivity contribution in [3.05, 3.63) is 26.6 Å². The number of H-pyrrole nitrogens is 1. The molecule has 6 nitrogen and oxygen atoms in total. The van der Waals surface area contributed by atoms with Crippen molar-refractivity contribution >= 4 is 27.5 Å². The summed E-state index contributed by atoms with van der Waals surface area (Å²) in [6.07, 6.45) is 3.21. The zero-order valence-corrected chi connectivity index (χ0v) is 15.6. The smallest absolute Gasteiger partial charge is 0.259 e. The molecule has 1 aliphatic heterocycles. The van der Waals surface area contributed by atoms with Gasteiger partial charge in [-0.1, -0.05) is 6.92 Å². The van der Waals surface area contributed by atoms with Crippen LogP contribution < -0.4 is 5.56 Å². The second-order valence-corrected chi connectivity index (χ2v) is 8.41. The molecular formula is C18H24N4O2S. The van der Waals surface area contributed by atoms with Crippen molar-refractivity contribution in [1.29, 1.82) is 0 Å². The molecule has 1 saturated heterocycles. The highest BCUT2D eigenvalue weighted by molar-refractivity contribution is 7.18. The number of hydrogen-bond acceptors (Lipinski definition) is 5. The molecule has 7 heteroatoms. The lowest BCUT2D eigenvalue weighted by atomic mass is 9.89. The fraction of sp³-hybridized carbons (Fsp3) is 0.611. The Morgan fingerprint density at radius 3 is 2.80 bits per heavy atom. The van der Waals surface area contributed by atoms with Crippen LogP contribution >= 0.6 is 11.3 Å². The van der Waals surface area contributed by atoms with Gasteiger partial charge in [0.15, 0.2) is 0 Å². The minimum atomic E-state index is 0.00873. The van der Waals surface area contributed by atoms with Crippen LogP contribution in [0.3, 0.4) is 0 Å². The highest BCUT2D eigenvalue weighted by Crippen LogP contribution is 2.35. The molecule has 1 fully saturated rings. The van der Waals surface area contributed by atoms with E-state index in [9.17, 15) is 9.59 Å². The molecule has 1 N–H and O–H groups in total. The van der Waals surface area contributed by atoms with Crippen molar-refractivity contribution in [2.24, 2.45) is 5.92 Å². The molecule has 2 aromatic rings. The SMILES string of the molecule is CC(=O)N1CCN(Cc2nc3sc4c(c3c(=O)[nH]2)CCC(C)C4)CC1. The van der Waals surface area contributed by atoms with Gasteiger partial charge in [0.1, 0.15) is 10.7 Å². The predicted molar refractivity (Wildman–Crippen MR) is 99.0 cm³/mol. The number of hydrogen-bond donors (Lipinski definition) is 1. The van der Waals surface area contributed by atoms with Crippen LogP contribution in [0.25, 0.3) is 10.2 Å². The summed E-state index contributed by atoms with van der Waals surface area (Å²) in [6, 6.07) is 0. The second kappa shape index (κ2) is 6.53. The highest BCUT2D eigenvalue weighted by atomic mass is 32.1. The number of rotatable bonds is 2. The van der Waals surface area contributed by atoms with E-state index in [1.54, 1.807) is 18.3 Å². The molecule has 0 aromatic carbocycles. The van der Waals surface area contributed by atoms with Crippen LogP contribution in [0.5, 0.6) is 0 Å². The van der Waals surface area contributed by atoms with Crippen LogP contribution in [0, 0.1) is 5.92 Å². The molecule has 0 bridgehead atoms. The first kappa shape index (κ1) is 16.7. The Morgan fingerprint density at radius 2 is 2.08 bits per heavy atom. The number of thiophene rings is 1. The molecule has 2 aromatic heterocycles. The maximum atomic E-state index is 12.6. The Hall–Kier alpha value is -1.73. The molecular weight excluding hydrogens is 336 g/mol. The maximum absolute atomic E-state index is 12.6. The molecule has 4 rings (SSSR count). The van der Waals surface area contributed by atoms with Crippen molar-refractivity contribution < 1.29 is 4.79 Å². The quantitative estimate of drug-likeness (QED) is 0.886. The molecule has 2 aliphatic rings. The molecule has 1 atom stereocenters. The van der Waals surface area contributed by atoms with Gasteiger partial charge in [-0.3, -0.25) is 14.5 Å². The van der Waals surface area contributed by atoms with Gasteiger partial charge < -0.3 is 9.88 Å². The van der Waals surface area contributed by atoms with Gasteiger partial charge in [-0.15, -0.1) is 11.3 Å². The number of nitrogens with zero attached hydrogens (tertiary/aromatic N) is 3.